The van der Waals surface area contributed by atoms with Crippen LogP contribution in [0.25, 0.3) is 0 Å². The van der Waals surface area contributed by atoms with Gasteiger partial charge >= 0.3 is 16.8 Å². The fourth-order valence-electron chi connectivity index (χ4n) is 5.56. The van der Waals surface area contributed by atoms with Gasteiger partial charge in [-0.3, -0.25) is 9.59 Å². The minimum atomic E-state index is -0.886. The monoisotopic (exact) mass is 734 g/mol. The normalized spacial score (nSPS) is 16.8. The summed E-state index contributed by atoms with van der Waals surface area (Å²) in [7, 11) is 0. The van der Waals surface area contributed by atoms with Crippen LogP contribution in [0.4, 0.5) is 0 Å². The topological polar surface area (TPSA) is 207 Å². The average molecular weight is 735 g/mol. The summed E-state index contributed by atoms with van der Waals surface area (Å²) in [6.45, 7) is 14.5. The number of benzene rings is 2. The fourth-order valence-corrected chi connectivity index (χ4v) is 5.56. The van der Waals surface area contributed by atoms with Crippen LogP contribution in [0.15, 0.2) is 54.6 Å². The molecular weight excluding hydrogens is 673 g/mol. The second-order valence-corrected chi connectivity index (χ2v) is 12.1. The smallest absolute Gasteiger partial charge is 0.491 e. The molecule has 3 rings (SSSR count). The van der Waals surface area contributed by atoms with Crippen molar-refractivity contribution in [3.05, 3.63) is 65.7 Å². The first-order valence-electron chi connectivity index (χ1n) is 16.9. The quantitative estimate of drug-likeness (QED) is 0.145. The van der Waals surface area contributed by atoms with Gasteiger partial charge in [0.2, 0.25) is 11.8 Å². The largest absolute Gasteiger partial charge is 3.00 e. The van der Waals surface area contributed by atoms with E-state index in [1.165, 1.54) is 0 Å². The van der Waals surface area contributed by atoms with E-state index in [0.29, 0.717) is 24.3 Å². The van der Waals surface area contributed by atoms with E-state index in [9.17, 15) is 14.7 Å². The van der Waals surface area contributed by atoms with Gasteiger partial charge in [0, 0.05) is 58.9 Å². The molecule has 1 heterocycles. The number of hydrogen-bond acceptors (Lipinski definition) is 9. The van der Waals surface area contributed by atoms with Crippen molar-refractivity contribution >= 4 is 11.8 Å². The predicted molar refractivity (Wildman–Crippen MR) is 191 cm³/mol. The van der Waals surface area contributed by atoms with Crippen molar-refractivity contribution in [2.24, 2.45) is 11.7 Å². The van der Waals surface area contributed by atoms with Gasteiger partial charge in [0.05, 0.1) is 18.7 Å². The molecule has 278 valence electrons. The number of aliphatic hydroxyl groups excluding tert-OH is 1. The molecule has 1 saturated heterocycles. The van der Waals surface area contributed by atoms with Crippen LogP contribution >= 0.6 is 0 Å². The Bertz CT molecular complexity index is 1140. The Morgan fingerprint density at radius 1 is 0.918 bits per heavy atom. The molecule has 1 fully saturated rings. The summed E-state index contributed by atoms with van der Waals surface area (Å²) in [6.07, 6.45) is 1.44. The number of rotatable bonds is 15. The Labute approximate surface area is 302 Å². The van der Waals surface area contributed by atoms with Crippen molar-refractivity contribution < 1.29 is 47.2 Å². The number of hydrogen-bond donors (Lipinski definition) is 6. The summed E-state index contributed by atoms with van der Waals surface area (Å²) in [5.74, 6) is 0.0420. The van der Waals surface area contributed by atoms with Gasteiger partial charge in [0.25, 0.3) is 0 Å². The van der Waals surface area contributed by atoms with E-state index in [1.54, 1.807) is 17.0 Å². The molecule has 2 aromatic carbocycles. The van der Waals surface area contributed by atoms with Crippen LogP contribution in [0.2, 0.25) is 0 Å². The van der Waals surface area contributed by atoms with Crippen molar-refractivity contribution in [3.63, 3.8) is 0 Å². The zero-order chi connectivity index (χ0) is 33.1. The van der Waals surface area contributed by atoms with Gasteiger partial charge in [0.15, 0.2) is 0 Å². The molecule has 2 amide bonds. The summed E-state index contributed by atoms with van der Waals surface area (Å²) in [6, 6.07) is 15.1. The first kappa shape index (κ1) is 46.4. The van der Waals surface area contributed by atoms with Gasteiger partial charge in [-0.25, -0.2) is 0 Å². The van der Waals surface area contributed by atoms with Gasteiger partial charge in [-0.2, -0.15) is 0 Å². The third-order valence-corrected chi connectivity index (χ3v) is 8.64. The number of carbonyl (C=O) groups excluding carboxylic acids is 2. The summed E-state index contributed by atoms with van der Waals surface area (Å²) in [4.78, 5) is 32.5. The molecule has 13 nitrogen and oxygen atoms in total. The van der Waals surface area contributed by atoms with E-state index in [-0.39, 0.29) is 64.7 Å². The van der Waals surface area contributed by atoms with Crippen molar-refractivity contribution in [2.45, 2.75) is 51.7 Å². The summed E-state index contributed by atoms with van der Waals surface area (Å²) in [5, 5.41) is 22.8. The number of amides is 2. The number of aliphatic hydroxyl groups is 1. The van der Waals surface area contributed by atoms with Crippen LogP contribution in [0.5, 0.6) is 5.75 Å². The van der Waals surface area contributed by atoms with E-state index in [0.717, 1.165) is 70.9 Å². The number of carbonyl (C=O) groups is 2. The third kappa shape index (κ3) is 15.9. The zero-order valence-corrected chi connectivity index (χ0v) is 30.4. The second kappa shape index (κ2) is 26.2. The fraction of sp³-hybridized carbons (Fsp3) is 0.600. The molecule has 1 aliphatic rings. The number of ether oxygens (including phenoxy) is 1. The standard InChI is InChI=1S/C35H57N7O4.Co.2H2O/c1-4-27(2)32(36)35(45)42(22-8-21-41-23-19-38-17-15-37-16-18-39-20-24-41)33(30-11-13-31(14-12-30)46-26-25-43)34(44)40-28(3)29-9-6-5-7-10-29;;;/h5-7,9-14,27-28,32-33,37-39,43H,4,8,15-26,36H2,1-3H3,(H,40,44);;2*1H2/q;+3;;/t27-,28-,32-,33?;;;/m0.../s1. The molecule has 49 heavy (non-hydrogen) atoms. The average Bonchev–Trinajstić information content (AvgIpc) is 3.07. The molecule has 11 N–H and O–H groups in total. The first-order valence-corrected chi connectivity index (χ1v) is 16.9. The molecule has 2 aromatic rings. The Hall–Kier alpha value is -2.63. The Balaban J connectivity index is 0.00000768. The van der Waals surface area contributed by atoms with Crippen molar-refractivity contribution in [2.75, 3.05) is 78.7 Å². The molecule has 1 unspecified atom stereocenters. The minimum absolute atomic E-state index is 0. The molecule has 0 spiro atoms. The minimum Gasteiger partial charge on any atom is -0.491 e. The maximum Gasteiger partial charge on any atom is 3.00 e. The third-order valence-electron chi connectivity index (χ3n) is 8.64. The maximum absolute atomic E-state index is 14.2. The van der Waals surface area contributed by atoms with Crippen molar-refractivity contribution in [3.8, 4) is 5.75 Å². The van der Waals surface area contributed by atoms with E-state index in [1.807, 2.05) is 63.2 Å². The van der Waals surface area contributed by atoms with E-state index in [4.69, 9.17) is 10.5 Å². The summed E-state index contributed by atoms with van der Waals surface area (Å²) >= 11 is 0. The van der Waals surface area contributed by atoms with Gasteiger partial charge in [-0.15, -0.1) is 0 Å². The molecule has 14 heteroatoms. The van der Waals surface area contributed by atoms with Gasteiger partial charge < -0.3 is 57.6 Å². The SMILES string of the molecule is CC[C@H](C)[C@H](N)C(=O)N(CCCN1CCNCCNCCNCC1)C(C(=O)N[C@@H](C)c1ccccc1)c1ccc(OCCO)cc1.O.O.[Co+3]. The summed E-state index contributed by atoms with van der Waals surface area (Å²) in [5.41, 5.74) is 8.22. The van der Waals surface area contributed by atoms with Crippen LogP contribution < -0.4 is 31.7 Å². The van der Waals surface area contributed by atoms with E-state index < -0.39 is 12.1 Å². The van der Waals surface area contributed by atoms with Crippen LogP contribution in [-0.2, 0) is 26.4 Å². The van der Waals surface area contributed by atoms with Gasteiger partial charge in [-0.05, 0) is 49.1 Å². The first-order chi connectivity index (χ1) is 22.3. The van der Waals surface area contributed by atoms with Crippen LogP contribution in [0.3, 0.4) is 0 Å². The second-order valence-electron chi connectivity index (χ2n) is 12.1. The molecule has 0 aromatic heterocycles. The van der Waals surface area contributed by atoms with Gasteiger partial charge in [-0.1, -0.05) is 62.7 Å². The van der Waals surface area contributed by atoms with Crippen molar-refractivity contribution in [1.29, 1.82) is 0 Å². The summed E-state index contributed by atoms with van der Waals surface area (Å²) < 4.78 is 5.58. The number of nitrogens with zero attached hydrogens (tertiary/aromatic N) is 2. The van der Waals surface area contributed by atoms with Crippen LogP contribution in [-0.4, -0.2) is 122 Å². The van der Waals surface area contributed by atoms with E-state index in [2.05, 4.69) is 26.2 Å². The van der Waals surface area contributed by atoms with E-state index >= 15 is 0 Å². The zero-order valence-electron chi connectivity index (χ0n) is 29.4. The molecule has 0 saturated carbocycles. The molecule has 1 aliphatic heterocycles. The molecular formula is C35H61CoN7O6+3. The Kier molecular flexibility index (Phi) is 24.8. The van der Waals surface area contributed by atoms with Crippen LogP contribution in [0.1, 0.15) is 56.8 Å². The maximum atomic E-state index is 14.2. The molecule has 0 aliphatic carbocycles. The van der Waals surface area contributed by atoms with Crippen LogP contribution in [0, 0.1) is 5.92 Å². The number of nitrogens with two attached hydrogens (primary N) is 1. The Morgan fingerprint density at radius 2 is 1.49 bits per heavy atom. The molecule has 0 radical (unpaired) electrons. The Morgan fingerprint density at radius 3 is 2.04 bits per heavy atom. The molecule has 4 atom stereocenters. The van der Waals surface area contributed by atoms with Gasteiger partial charge in [0.1, 0.15) is 18.4 Å². The van der Waals surface area contributed by atoms with Crippen molar-refractivity contribution in [1.82, 2.24) is 31.1 Å². The molecule has 0 bridgehead atoms. The predicted octanol–water partition coefficient (Wildman–Crippen LogP) is 0.000800. The number of nitrogens with one attached hydrogen (secondary N) is 4.